The standard InChI is InChI=1S/C32H34N2O5/c1-3-39-20-30(35)34-15-14-26-25(22-10-7-11-23(16-22)32(37)38-2)13-12-24(29(26)19-34)18-33-31(36)28-17-27(28)21-8-5-4-6-9-21/h4-13,16,27-28H,3,14-15,17-20H2,1-2H3,(H,33,36). The van der Waals surface area contributed by atoms with Crippen LogP contribution in [0.15, 0.2) is 66.7 Å². The predicted octanol–water partition coefficient (Wildman–Crippen LogP) is 4.48. The summed E-state index contributed by atoms with van der Waals surface area (Å²) in [6, 6.07) is 21.6. The fourth-order valence-electron chi connectivity index (χ4n) is 5.47. The third kappa shape index (κ3) is 5.88. The zero-order valence-corrected chi connectivity index (χ0v) is 22.4. The molecule has 7 nitrogen and oxygen atoms in total. The number of nitrogens with one attached hydrogen (secondary N) is 1. The second-order valence-electron chi connectivity index (χ2n) is 10.1. The summed E-state index contributed by atoms with van der Waals surface area (Å²) in [7, 11) is 1.37. The molecule has 2 unspecified atom stereocenters. The quantitative estimate of drug-likeness (QED) is 0.416. The van der Waals surface area contributed by atoms with Gasteiger partial charge in [-0.15, -0.1) is 0 Å². The van der Waals surface area contributed by atoms with Crippen molar-refractivity contribution in [2.75, 3.05) is 26.9 Å². The van der Waals surface area contributed by atoms with Gasteiger partial charge in [-0.1, -0.05) is 54.6 Å². The molecular formula is C32H34N2O5. The van der Waals surface area contributed by atoms with Crippen molar-refractivity contribution in [3.63, 3.8) is 0 Å². The van der Waals surface area contributed by atoms with Gasteiger partial charge >= 0.3 is 5.97 Å². The first-order chi connectivity index (χ1) is 19.0. The van der Waals surface area contributed by atoms with E-state index < -0.39 is 0 Å². The molecule has 2 amide bonds. The summed E-state index contributed by atoms with van der Waals surface area (Å²) in [4.78, 5) is 39.8. The SMILES string of the molecule is CCOCC(=O)N1CCc2c(-c3cccc(C(=O)OC)c3)ccc(CNC(=O)C3CC3c3ccccc3)c2C1. The normalized spacial score (nSPS) is 17.7. The maximum absolute atomic E-state index is 13.0. The van der Waals surface area contributed by atoms with Gasteiger partial charge < -0.3 is 19.7 Å². The smallest absolute Gasteiger partial charge is 0.337 e. The maximum Gasteiger partial charge on any atom is 0.337 e. The molecule has 1 saturated carbocycles. The van der Waals surface area contributed by atoms with Crippen molar-refractivity contribution in [3.05, 3.63) is 94.5 Å². The third-order valence-electron chi connectivity index (χ3n) is 7.69. The molecule has 2 atom stereocenters. The van der Waals surface area contributed by atoms with Crippen LogP contribution in [0.2, 0.25) is 0 Å². The molecule has 0 aromatic heterocycles. The van der Waals surface area contributed by atoms with Crippen LogP contribution in [0.25, 0.3) is 11.1 Å². The van der Waals surface area contributed by atoms with E-state index in [2.05, 4.69) is 23.5 Å². The second kappa shape index (κ2) is 11.8. The number of nitrogens with zero attached hydrogens (tertiary/aromatic N) is 1. The van der Waals surface area contributed by atoms with E-state index in [1.54, 1.807) is 6.07 Å². The number of benzene rings is 3. The molecule has 0 spiro atoms. The number of carbonyl (C=O) groups is 3. The topological polar surface area (TPSA) is 84.9 Å². The van der Waals surface area contributed by atoms with E-state index in [1.807, 2.05) is 54.3 Å². The highest BCUT2D eigenvalue weighted by molar-refractivity contribution is 5.91. The average molecular weight is 527 g/mol. The molecule has 1 aliphatic carbocycles. The number of esters is 1. The van der Waals surface area contributed by atoms with Crippen LogP contribution in [0.4, 0.5) is 0 Å². The molecule has 1 heterocycles. The van der Waals surface area contributed by atoms with Crippen molar-refractivity contribution >= 4 is 17.8 Å². The van der Waals surface area contributed by atoms with Crippen molar-refractivity contribution < 1.29 is 23.9 Å². The summed E-state index contributed by atoms with van der Waals surface area (Å²) in [6.45, 7) is 3.85. The molecule has 0 bridgehead atoms. The number of fused-ring (bicyclic) bond motifs is 1. The molecule has 3 aromatic rings. The molecule has 7 heteroatoms. The van der Waals surface area contributed by atoms with Gasteiger partial charge in [0.05, 0.1) is 12.7 Å². The molecule has 202 valence electrons. The van der Waals surface area contributed by atoms with Crippen LogP contribution >= 0.6 is 0 Å². The summed E-state index contributed by atoms with van der Waals surface area (Å²) >= 11 is 0. The van der Waals surface area contributed by atoms with Crippen LogP contribution in [-0.2, 0) is 38.6 Å². The van der Waals surface area contributed by atoms with Gasteiger partial charge in [0.15, 0.2) is 0 Å². The van der Waals surface area contributed by atoms with Crippen molar-refractivity contribution in [3.8, 4) is 11.1 Å². The van der Waals surface area contributed by atoms with Crippen LogP contribution in [0, 0.1) is 5.92 Å². The highest BCUT2D eigenvalue weighted by Crippen LogP contribution is 2.47. The molecule has 5 rings (SSSR count). The van der Waals surface area contributed by atoms with Crippen molar-refractivity contribution in [1.29, 1.82) is 0 Å². The maximum atomic E-state index is 13.0. The Bertz CT molecular complexity index is 1370. The molecule has 1 aliphatic heterocycles. The van der Waals surface area contributed by atoms with E-state index >= 15 is 0 Å². The van der Waals surface area contributed by atoms with Gasteiger partial charge in [-0.05, 0) is 71.2 Å². The number of amides is 2. The van der Waals surface area contributed by atoms with E-state index in [1.165, 1.54) is 12.7 Å². The Morgan fingerprint density at radius 3 is 2.59 bits per heavy atom. The van der Waals surface area contributed by atoms with Crippen LogP contribution in [-0.4, -0.2) is 49.6 Å². The first kappa shape index (κ1) is 26.6. The Kier molecular flexibility index (Phi) is 8.07. The second-order valence-corrected chi connectivity index (χ2v) is 10.1. The molecule has 2 aliphatic rings. The van der Waals surface area contributed by atoms with Gasteiger partial charge in [0.2, 0.25) is 11.8 Å². The minimum absolute atomic E-state index is 0.00664. The summed E-state index contributed by atoms with van der Waals surface area (Å²) in [5, 5.41) is 3.15. The van der Waals surface area contributed by atoms with Crippen LogP contribution in [0.5, 0.6) is 0 Å². The number of rotatable bonds is 9. The lowest BCUT2D eigenvalue weighted by Crippen LogP contribution is -2.39. The first-order valence-corrected chi connectivity index (χ1v) is 13.5. The number of methoxy groups -OCH3 is 1. The first-order valence-electron chi connectivity index (χ1n) is 13.5. The number of hydrogen-bond acceptors (Lipinski definition) is 5. The Labute approximate surface area is 229 Å². The molecule has 1 fully saturated rings. The van der Waals surface area contributed by atoms with Gasteiger partial charge in [-0.3, -0.25) is 9.59 Å². The predicted molar refractivity (Wildman–Crippen MR) is 148 cm³/mol. The molecule has 0 radical (unpaired) electrons. The van der Waals surface area contributed by atoms with Gasteiger partial charge in [0.1, 0.15) is 6.61 Å². The van der Waals surface area contributed by atoms with Crippen molar-refractivity contribution in [1.82, 2.24) is 10.2 Å². The van der Waals surface area contributed by atoms with Crippen LogP contribution in [0.1, 0.15) is 51.9 Å². The van der Waals surface area contributed by atoms with E-state index in [9.17, 15) is 14.4 Å². The molecular weight excluding hydrogens is 492 g/mol. The fraction of sp³-hybridized carbons (Fsp3) is 0.344. The summed E-state index contributed by atoms with van der Waals surface area (Å²) in [5.41, 5.74) is 6.81. The minimum Gasteiger partial charge on any atom is -0.465 e. The van der Waals surface area contributed by atoms with Crippen LogP contribution in [0.3, 0.4) is 0 Å². The average Bonchev–Trinajstić information content (AvgIpc) is 3.79. The van der Waals surface area contributed by atoms with Crippen LogP contribution < -0.4 is 5.32 Å². The van der Waals surface area contributed by atoms with Crippen molar-refractivity contribution in [2.45, 2.75) is 38.8 Å². The molecule has 0 saturated heterocycles. The number of hydrogen-bond donors (Lipinski definition) is 1. The van der Waals surface area contributed by atoms with Gasteiger partial charge in [0.25, 0.3) is 0 Å². The van der Waals surface area contributed by atoms with E-state index in [0.717, 1.165) is 34.2 Å². The summed E-state index contributed by atoms with van der Waals surface area (Å²) in [6.07, 6.45) is 1.54. The highest BCUT2D eigenvalue weighted by atomic mass is 16.5. The molecule has 1 N–H and O–H groups in total. The minimum atomic E-state index is -0.383. The lowest BCUT2D eigenvalue weighted by atomic mass is 9.87. The van der Waals surface area contributed by atoms with Gasteiger partial charge in [0, 0.05) is 32.2 Å². The molecule has 39 heavy (non-hydrogen) atoms. The van der Waals surface area contributed by atoms with E-state index in [4.69, 9.17) is 9.47 Å². The Balaban J connectivity index is 1.39. The Morgan fingerprint density at radius 2 is 1.82 bits per heavy atom. The highest BCUT2D eigenvalue weighted by Gasteiger charge is 2.43. The monoisotopic (exact) mass is 526 g/mol. The summed E-state index contributed by atoms with van der Waals surface area (Å²) < 4.78 is 10.3. The Hall–Kier alpha value is -3.97. The zero-order chi connectivity index (χ0) is 27.4. The lowest BCUT2D eigenvalue weighted by Gasteiger charge is -2.32. The van der Waals surface area contributed by atoms with Gasteiger partial charge in [-0.2, -0.15) is 0 Å². The number of carbonyl (C=O) groups excluding carboxylic acids is 3. The fourth-order valence-corrected chi connectivity index (χ4v) is 5.47. The largest absolute Gasteiger partial charge is 0.465 e. The number of ether oxygens (including phenoxy) is 2. The third-order valence-corrected chi connectivity index (χ3v) is 7.69. The van der Waals surface area contributed by atoms with Gasteiger partial charge in [-0.25, -0.2) is 4.79 Å². The Morgan fingerprint density at radius 1 is 1.00 bits per heavy atom. The van der Waals surface area contributed by atoms with E-state index in [0.29, 0.717) is 38.2 Å². The van der Waals surface area contributed by atoms with E-state index in [-0.39, 0.29) is 36.2 Å². The lowest BCUT2D eigenvalue weighted by molar-refractivity contribution is -0.137. The zero-order valence-electron chi connectivity index (χ0n) is 22.4. The molecule has 3 aromatic carbocycles. The van der Waals surface area contributed by atoms with Crippen molar-refractivity contribution in [2.24, 2.45) is 5.92 Å². The summed E-state index contributed by atoms with van der Waals surface area (Å²) in [5.74, 6) is -0.0949.